The number of nitrogens with zero attached hydrogens (tertiary/aromatic N) is 6. The monoisotopic (exact) mass is 513 g/mol. The van der Waals surface area contributed by atoms with E-state index in [0.29, 0.717) is 21.3 Å². The largest absolute Gasteiger partial charge is 0.416 e. The highest BCUT2D eigenvalue weighted by molar-refractivity contribution is 6.31. The van der Waals surface area contributed by atoms with E-state index >= 15 is 0 Å². The first kappa shape index (κ1) is 23.8. The summed E-state index contributed by atoms with van der Waals surface area (Å²) in [7, 11) is 0. The van der Waals surface area contributed by atoms with Crippen molar-refractivity contribution in [3.05, 3.63) is 74.9 Å². The molecular formula is C20H16Cl2F3N7O2. The molecule has 2 aromatic heterocycles. The maximum atomic E-state index is 13.0. The summed E-state index contributed by atoms with van der Waals surface area (Å²) in [5.74, 6) is 0.00521. The van der Waals surface area contributed by atoms with E-state index in [9.17, 15) is 23.1 Å². The molecule has 14 heteroatoms. The Morgan fingerprint density at radius 1 is 1.06 bits per heavy atom. The van der Waals surface area contributed by atoms with Gasteiger partial charge in [0.1, 0.15) is 6.54 Å². The van der Waals surface area contributed by atoms with Crippen LogP contribution in [0.25, 0.3) is 17.1 Å². The van der Waals surface area contributed by atoms with Gasteiger partial charge in [0.2, 0.25) is 5.95 Å². The minimum absolute atomic E-state index is 0.00941. The molecule has 0 bridgehead atoms. The summed E-state index contributed by atoms with van der Waals surface area (Å²) in [5.41, 5.74) is 5.88. The van der Waals surface area contributed by atoms with Crippen LogP contribution in [-0.2, 0) is 13.1 Å². The van der Waals surface area contributed by atoms with Gasteiger partial charge in [0.15, 0.2) is 17.8 Å². The molecule has 0 aliphatic heterocycles. The molecule has 2 heterocycles. The van der Waals surface area contributed by atoms with E-state index in [1.165, 1.54) is 28.9 Å². The first-order chi connectivity index (χ1) is 16.0. The van der Waals surface area contributed by atoms with E-state index < -0.39 is 24.5 Å². The van der Waals surface area contributed by atoms with Crippen molar-refractivity contribution in [3.8, 4) is 17.1 Å². The normalized spacial score (nSPS) is 12.8. The Labute approximate surface area is 199 Å². The molecule has 0 aliphatic rings. The van der Waals surface area contributed by atoms with Crippen LogP contribution in [-0.4, -0.2) is 46.5 Å². The number of hydrogen-bond donors (Lipinski definition) is 2. The molecule has 0 saturated carbocycles. The van der Waals surface area contributed by atoms with Crippen LogP contribution in [0, 0.1) is 0 Å². The molecule has 34 heavy (non-hydrogen) atoms. The van der Waals surface area contributed by atoms with Gasteiger partial charge >= 0.3 is 11.9 Å². The van der Waals surface area contributed by atoms with Crippen molar-refractivity contribution in [2.75, 3.05) is 5.73 Å². The number of benzene rings is 2. The van der Waals surface area contributed by atoms with Crippen molar-refractivity contribution in [3.63, 3.8) is 0 Å². The number of halogens is 5. The lowest BCUT2D eigenvalue weighted by Crippen LogP contribution is -2.37. The number of aliphatic hydroxyl groups is 1. The van der Waals surface area contributed by atoms with Gasteiger partial charge in [-0.3, -0.25) is 4.57 Å². The topological polar surface area (TPSA) is 117 Å². The minimum Gasteiger partial charge on any atom is -0.382 e. The fourth-order valence-electron chi connectivity index (χ4n) is 3.16. The van der Waals surface area contributed by atoms with Gasteiger partial charge in [0.25, 0.3) is 0 Å². The standard InChI is InChI=1S/C20H16Cl2F3N7O2/c21-12-6-4-11(5-7-12)17-29-31(19(34)30(17)9-15(33)20(23,24)25)10-16-27-18(26)32(28-16)14-3-1-2-13(22)8-14/h1-8,15,33H,9-10H2,(H2,26,27,28). The summed E-state index contributed by atoms with van der Waals surface area (Å²) in [6.07, 6.45) is -7.70. The molecule has 0 fully saturated rings. The summed E-state index contributed by atoms with van der Waals surface area (Å²) < 4.78 is 41.9. The molecule has 178 valence electrons. The van der Waals surface area contributed by atoms with Crippen LogP contribution in [0.3, 0.4) is 0 Å². The highest BCUT2D eigenvalue weighted by atomic mass is 35.5. The van der Waals surface area contributed by atoms with Gasteiger partial charge in [-0.05, 0) is 42.5 Å². The molecule has 0 saturated heterocycles. The third kappa shape index (κ3) is 4.93. The van der Waals surface area contributed by atoms with E-state index in [4.69, 9.17) is 28.9 Å². The van der Waals surface area contributed by atoms with Gasteiger partial charge in [-0.15, -0.1) is 10.2 Å². The van der Waals surface area contributed by atoms with E-state index in [0.717, 1.165) is 9.25 Å². The number of nitrogens with two attached hydrogens (primary N) is 1. The van der Waals surface area contributed by atoms with Gasteiger partial charge < -0.3 is 10.8 Å². The maximum absolute atomic E-state index is 13.0. The van der Waals surface area contributed by atoms with E-state index in [1.54, 1.807) is 24.3 Å². The van der Waals surface area contributed by atoms with Crippen LogP contribution < -0.4 is 11.4 Å². The maximum Gasteiger partial charge on any atom is 0.416 e. The molecule has 1 atom stereocenters. The summed E-state index contributed by atoms with van der Waals surface area (Å²) in [6.45, 7) is -1.33. The summed E-state index contributed by atoms with van der Waals surface area (Å²) >= 11 is 11.9. The van der Waals surface area contributed by atoms with Crippen molar-refractivity contribution in [2.24, 2.45) is 0 Å². The summed E-state index contributed by atoms with van der Waals surface area (Å²) in [4.78, 5) is 17.1. The molecule has 0 aliphatic carbocycles. The molecule has 9 nitrogen and oxygen atoms in total. The Balaban J connectivity index is 1.73. The number of aromatic nitrogens is 6. The van der Waals surface area contributed by atoms with Gasteiger partial charge in [-0.1, -0.05) is 29.3 Å². The minimum atomic E-state index is -4.93. The molecule has 0 radical (unpaired) electrons. The van der Waals surface area contributed by atoms with Gasteiger partial charge in [0, 0.05) is 15.6 Å². The SMILES string of the molecule is Nc1nc(Cn2nc(-c3ccc(Cl)cc3)n(CC(O)C(F)(F)F)c2=O)nn1-c1cccc(Cl)c1. The fourth-order valence-corrected chi connectivity index (χ4v) is 3.48. The molecule has 4 aromatic rings. The second-order valence-electron chi connectivity index (χ2n) is 7.22. The number of alkyl halides is 3. The third-order valence-corrected chi connectivity index (χ3v) is 5.27. The molecule has 0 spiro atoms. The van der Waals surface area contributed by atoms with Crippen LogP contribution in [0.1, 0.15) is 5.82 Å². The van der Waals surface area contributed by atoms with Crippen molar-refractivity contribution >= 4 is 29.2 Å². The zero-order valence-corrected chi connectivity index (χ0v) is 18.6. The lowest BCUT2D eigenvalue weighted by molar-refractivity contribution is -0.207. The van der Waals surface area contributed by atoms with Crippen molar-refractivity contribution in [1.82, 2.24) is 29.1 Å². The van der Waals surface area contributed by atoms with Crippen molar-refractivity contribution in [2.45, 2.75) is 25.4 Å². The Kier molecular flexibility index (Phi) is 6.39. The highest BCUT2D eigenvalue weighted by Gasteiger charge is 2.39. The highest BCUT2D eigenvalue weighted by Crippen LogP contribution is 2.24. The van der Waals surface area contributed by atoms with Crippen molar-refractivity contribution < 1.29 is 18.3 Å². The van der Waals surface area contributed by atoms with Crippen molar-refractivity contribution in [1.29, 1.82) is 0 Å². The lowest BCUT2D eigenvalue weighted by Gasteiger charge is -2.15. The smallest absolute Gasteiger partial charge is 0.382 e. The lowest BCUT2D eigenvalue weighted by atomic mass is 10.2. The number of hydrogen-bond acceptors (Lipinski definition) is 6. The molecular weight excluding hydrogens is 498 g/mol. The first-order valence-corrected chi connectivity index (χ1v) is 10.4. The fraction of sp³-hybridized carbons (Fsp3) is 0.200. The summed E-state index contributed by atoms with van der Waals surface area (Å²) in [6, 6.07) is 12.6. The van der Waals surface area contributed by atoms with Crippen LogP contribution >= 0.6 is 23.2 Å². The van der Waals surface area contributed by atoms with Gasteiger partial charge in [0.05, 0.1) is 12.2 Å². The number of nitrogen functional groups attached to an aromatic ring is 1. The Hall–Kier alpha value is -3.35. The molecule has 2 aromatic carbocycles. The average Bonchev–Trinajstić information content (AvgIpc) is 3.28. The predicted octanol–water partition coefficient (Wildman–Crippen LogP) is 3.15. The molecule has 1 unspecified atom stereocenters. The zero-order valence-electron chi connectivity index (χ0n) is 17.1. The Morgan fingerprint density at radius 2 is 1.76 bits per heavy atom. The predicted molar refractivity (Wildman–Crippen MR) is 119 cm³/mol. The van der Waals surface area contributed by atoms with E-state index in [-0.39, 0.29) is 24.1 Å². The van der Waals surface area contributed by atoms with E-state index in [2.05, 4.69) is 15.2 Å². The number of rotatable bonds is 6. The molecule has 3 N–H and O–H groups in total. The van der Waals surface area contributed by atoms with Gasteiger partial charge in [-0.25, -0.2) is 9.48 Å². The number of anilines is 1. The van der Waals surface area contributed by atoms with E-state index in [1.807, 2.05) is 0 Å². The second kappa shape index (κ2) is 9.12. The van der Waals surface area contributed by atoms with Crippen LogP contribution in [0.5, 0.6) is 0 Å². The summed E-state index contributed by atoms with van der Waals surface area (Å²) in [5, 5.41) is 18.8. The van der Waals surface area contributed by atoms with Crippen LogP contribution in [0.15, 0.2) is 53.3 Å². The quantitative estimate of drug-likeness (QED) is 0.409. The van der Waals surface area contributed by atoms with Crippen LogP contribution in [0.2, 0.25) is 10.0 Å². The molecule has 0 amide bonds. The molecule has 4 rings (SSSR count). The van der Waals surface area contributed by atoms with Crippen LogP contribution in [0.4, 0.5) is 19.1 Å². The second-order valence-corrected chi connectivity index (χ2v) is 8.09. The Morgan fingerprint density at radius 3 is 2.41 bits per heavy atom. The number of aliphatic hydroxyl groups excluding tert-OH is 1. The first-order valence-electron chi connectivity index (χ1n) is 9.68. The average molecular weight is 514 g/mol. The van der Waals surface area contributed by atoms with Gasteiger partial charge in [-0.2, -0.15) is 22.8 Å². The Bertz CT molecular complexity index is 1380. The zero-order chi connectivity index (χ0) is 24.6. The third-order valence-electron chi connectivity index (χ3n) is 4.78.